The lowest BCUT2D eigenvalue weighted by Crippen LogP contribution is -2.56. The van der Waals surface area contributed by atoms with E-state index in [1.54, 1.807) is 19.2 Å². The fraction of sp³-hybridized carbons (Fsp3) is 0.625. The van der Waals surface area contributed by atoms with Crippen LogP contribution in [0.15, 0.2) is 29.2 Å². The molecule has 5 heteroatoms. The van der Waals surface area contributed by atoms with Gasteiger partial charge in [0.05, 0.1) is 4.90 Å². The molecule has 0 spiro atoms. The molecule has 2 rings (SSSR count). The van der Waals surface area contributed by atoms with Crippen molar-refractivity contribution in [3.8, 4) is 0 Å². The Balaban J connectivity index is 2.36. The highest BCUT2D eigenvalue weighted by molar-refractivity contribution is 7.89. The fourth-order valence-electron chi connectivity index (χ4n) is 3.36. The summed E-state index contributed by atoms with van der Waals surface area (Å²) in [7, 11) is -1.82. The zero-order valence-corrected chi connectivity index (χ0v) is 14.0. The standard InChI is InChI=1S/C16H26N2O2S/c1-13-6-8-15(9-7-13)21(19,20)18(3)16(12-17)10-4-5-14(2)11-16/h6-9,14H,4-5,10-12,17H2,1-3H3. The van der Waals surface area contributed by atoms with Gasteiger partial charge in [0.2, 0.25) is 10.0 Å². The van der Waals surface area contributed by atoms with Gasteiger partial charge in [-0.15, -0.1) is 0 Å². The first-order valence-electron chi connectivity index (χ1n) is 7.57. The van der Waals surface area contributed by atoms with Crippen LogP contribution in [0, 0.1) is 12.8 Å². The van der Waals surface area contributed by atoms with Crippen molar-refractivity contribution in [2.45, 2.75) is 50.0 Å². The minimum atomic E-state index is -3.50. The van der Waals surface area contributed by atoms with Crippen molar-refractivity contribution in [2.24, 2.45) is 11.7 Å². The number of benzene rings is 1. The van der Waals surface area contributed by atoms with Crippen LogP contribution >= 0.6 is 0 Å². The molecule has 2 unspecified atom stereocenters. The van der Waals surface area contributed by atoms with Crippen LogP contribution in [0.5, 0.6) is 0 Å². The molecule has 0 aromatic heterocycles. The molecule has 1 saturated carbocycles. The van der Waals surface area contributed by atoms with Gasteiger partial charge in [-0.2, -0.15) is 4.31 Å². The van der Waals surface area contributed by atoms with Crippen molar-refractivity contribution in [3.63, 3.8) is 0 Å². The monoisotopic (exact) mass is 310 g/mol. The van der Waals surface area contributed by atoms with Gasteiger partial charge >= 0.3 is 0 Å². The predicted molar refractivity (Wildman–Crippen MR) is 85.5 cm³/mol. The van der Waals surface area contributed by atoms with Crippen molar-refractivity contribution in [2.75, 3.05) is 13.6 Å². The topological polar surface area (TPSA) is 63.4 Å². The highest BCUT2D eigenvalue weighted by atomic mass is 32.2. The second-order valence-electron chi connectivity index (χ2n) is 6.42. The largest absolute Gasteiger partial charge is 0.329 e. The molecule has 1 fully saturated rings. The van der Waals surface area contributed by atoms with Crippen molar-refractivity contribution in [3.05, 3.63) is 29.8 Å². The molecule has 4 nitrogen and oxygen atoms in total. The van der Waals surface area contributed by atoms with Crippen molar-refractivity contribution in [1.82, 2.24) is 4.31 Å². The van der Waals surface area contributed by atoms with E-state index in [4.69, 9.17) is 5.73 Å². The average molecular weight is 310 g/mol. The average Bonchev–Trinajstić information content (AvgIpc) is 2.46. The van der Waals surface area contributed by atoms with Gasteiger partial charge in [0.15, 0.2) is 0 Å². The Bertz CT molecular complexity index is 583. The molecule has 1 aromatic rings. The summed E-state index contributed by atoms with van der Waals surface area (Å²) in [5, 5.41) is 0. The van der Waals surface area contributed by atoms with Crippen LogP contribution in [0.4, 0.5) is 0 Å². The van der Waals surface area contributed by atoms with Crippen LogP contribution in [-0.2, 0) is 10.0 Å². The summed E-state index contributed by atoms with van der Waals surface area (Å²) in [4.78, 5) is 0.349. The van der Waals surface area contributed by atoms with Crippen LogP contribution in [0.2, 0.25) is 0 Å². The molecule has 1 aliphatic carbocycles. The van der Waals surface area contributed by atoms with Crippen LogP contribution < -0.4 is 5.73 Å². The number of rotatable bonds is 4. The van der Waals surface area contributed by atoms with E-state index < -0.39 is 15.6 Å². The van der Waals surface area contributed by atoms with E-state index >= 15 is 0 Å². The van der Waals surface area contributed by atoms with Gasteiger partial charge in [0, 0.05) is 19.1 Å². The number of hydrogen-bond donors (Lipinski definition) is 1. The quantitative estimate of drug-likeness (QED) is 0.929. The Morgan fingerprint density at radius 3 is 2.48 bits per heavy atom. The summed E-state index contributed by atoms with van der Waals surface area (Å²) in [6.07, 6.45) is 3.87. The molecule has 0 bridgehead atoms. The third-order valence-electron chi connectivity index (χ3n) is 4.79. The van der Waals surface area contributed by atoms with Crippen LogP contribution in [0.3, 0.4) is 0 Å². The molecule has 0 saturated heterocycles. The normalized spacial score (nSPS) is 27.0. The highest BCUT2D eigenvalue weighted by Gasteiger charge is 2.43. The molecular weight excluding hydrogens is 284 g/mol. The second kappa shape index (κ2) is 6.07. The smallest absolute Gasteiger partial charge is 0.243 e. The minimum Gasteiger partial charge on any atom is -0.329 e. The van der Waals surface area contributed by atoms with E-state index in [0.29, 0.717) is 17.4 Å². The fourth-order valence-corrected chi connectivity index (χ4v) is 4.90. The number of aryl methyl sites for hydroxylation is 1. The molecule has 0 aliphatic heterocycles. The molecule has 0 heterocycles. The predicted octanol–water partition coefficient (Wildman–Crippen LogP) is 2.52. The number of nitrogens with zero attached hydrogens (tertiary/aromatic N) is 1. The first-order valence-corrected chi connectivity index (χ1v) is 9.02. The SMILES string of the molecule is Cc1ccc(S(=O)(=O)N(C)C2(CN)CCCC(C)C2)cc1. The molecule has 0 amide bonds. The maximum atomic E-state index is 12.9. The molecule has 0 radical (unpaired) electrons. The Morgan fingerprint density at radius 1 is 1.33 bits per heavy atom. The summed E-state index contributed by atoms with van der Waals surface area (Å²) >= 11 is 0. The number of likely N-dealkylation sites (N-methyl/N-ethyl adjacent to an activating group) is 1. The summed E-state index contributed by atoms with van der Waals surface area (Å²) in [5.74, 6) is 0.512. The summed E-state index contributed by atoms with van der Waals surface area (Å²) in [6.45, 7) is 4.50. The number of nitrogens with two attached hydrogens (primary N) is 1. The maximum Gasteiger partial charge on any atom is 0.243 e. The molecule has 21 heavy (non-hydrogen) atoms. The Hall–Kier alpha value is -0.910. The minimum absolute atomic E-state index is 0.349. The van der Waals surface area contributed by atoms with E-state index in [1.165, 1.54) is 4.31 Å². The molecular formula is C16H26N2O2S. The van der Waals surface area contributed by atoms with Crippen LogP contribution in [0.1, 0.15) is 38.2 Å². The van der Waals surface area contributed by atoms with E-state index in [0.717, 1.165) is 31.2 Å². The Labute approximate surface area is 128 Å². The molecule has 2 atom stereocenters. The van der Waals surface area contributed by atoms with Crippen molar-refractivity contribution in [1.29, 1.82) is 0 Å². The summed E-state index contributed by atoms with van der Waals surface area (Å²) in [6, 6.07) is 7.02. The van der Waals surface area contributed by atoms with E-state index in [9.17, 15) is 8.42 Å². The molecule has 2 N–H and O–H groups in total. The number of sulfonamides is 1. The summed E-state index contributed by atoms with van der Waals surface area (Å²) < 4.78 is 27.3. The lowest BCUT2D eigenvalue weighted by molar-refractivity contribution is 0.128. The number of hydrogen-bond acceptors (Lipinski definition) is 3. The highest BCUT2D eigenvalue weighted by Crippen LogP contribution is 2.38. The van der Waals surface area contributed by atoms with Crippen molar-refractivity contribution >= 4 is 10.0 Å². The van der Waals surface area contributed by atoms with Crippen LogP contribution in [0.25, 0.3) is 0 Å². The second-order valence-corrected chi connectivity index (χ2v) is 8.38. The van der Waals surface area contributed by atoms with E-state index in [-0.39, 0.29) is 0 Å². The zero-order valence-electron chi connectivity index (χ0n) is 13.2. The molecule has 1 aliphatic rings. The zero-order chi connectivity index (χ0) is 15.7. The lowest BCUT2D eigenvalue weighted by Gasteiger charge is -2.45. The van der Waals surface area contributed by atoms with Crippen LogP contribution in [-0.4, -0.2) is 31.9 Å². The van der Waals surface area contributed by atoms with Gasteiger partial charge in [-0.25, -0.2) is 8.42 Å². The first kappa shape index (κ1) is 16.5. The summed E-state index contributed by atoms with van der Waals surface area (Å²) in [5.41, 5.74) is 6.60. The van der Waals surface area contributed by atoms with Gasteiger partial charge < -0.3 is 5.73 Å². The maximum absolute atomic E-state index is 12.9. The van der Waals surface area contributed by atoms with Crippen molar-refractivity contribution < 1.29 is 8.42 Å². The molecule has 118 valence electrons. The van der Waals surface area contributed by atoms with E-state index in [2.05, 4.69) is 6.92 Å². The third kappa shape index (κ3) is 3.15. The third-order valence-corrected chi connectivity index (χ3v) is 6.77. The Morgan fingerprint density at radius 2 is 1.95 bits per heavy atom. The first-order chi connectivity index (χ1) is 9.82. The van der Waals surface area contributed by atoms with Gasteiger partial charge in [0.25, 0.3) is 0 Å². The lowest BCUT2D eigenvalue weighted by atomic mass is 9.76. The Kier molecular flexibility index (Phi) is 4.76. The van der Waals surface area contributed by atoms with Gasteiger partial charge in [-0.05, 0) is 37.8 Å². The van der Waals surface area contributed by atoms with Gasteiger partial charge in [-0.1, -0.05) is 37.5 Å². The molecule has 1 aromatic carbocycles. The van der Waals surface area contributed by atoms with Gasteiger partial charge in [0.1, 0.15) is 0 Å². The van der Waals surface area contributed by atoms with Gasteiger partial charge in [-0.3, -0.25) is 0 Å². The van der Waals surface area contributed by atoms with E-state index in [1.807, 2.05) is 19.1 Å².